The number of rotatable bonds is 5. The molecule has 0 bridgehead atoms. The zero-order chi connectivity index (χ0) is 20.2. The second kappa shape index (κ2) is 9.59. The van der Waals surface area contributed by atoms with Crippen LogP contribution >= 0.6 is 23.7 Å². The van der Waals surface area contributed by atoms with Gasteiger partial charge in [-0.3, -0.25) is 0 Å². The standard InChI is InChI=1S/C22H21N5OS.ClH/c1-23-19(28)12-13-27-14-15-29-22(27)25-24-20-17-10-6-7-11-18(17)26(2)21(20)16-8-4-3-5-9-16;/h3-11,14-15H,12-13H2,1-2H3;1H. The molecule has 2 aromatic heterocycles. The van der Waals surface area contributed by atoms with Crippen molar-refractivity contribution in [2.45, 2.75) is 13.0 Å². The van der Waals surface area contributed by atoms with E-state index in [1.807, 2.05) is 46.5 Å². The number of hydrogen-bond acceptors (Lipinski definition) is 4. The van der Waals surface area contributed by atoms with Gasteiger partial charge in [0.15, 0.2) is 5.69 Å². The normalized spacial score (nSPS) is 11.2. The van der Waals surface area contributed by atoms with E-state index in [1.165, 1.54) is 18.4 Å². The third-order valence-corrected chi connectivity index (χ3v) is 5.62. The van der Waals surface area contributed by atoms with E-state index >= 15 is 0 Å². The molecule has 0 saturated heterocycles. The van der Waals surface area contributed by atoms with Crippen molar-refractivity contribution in [3.63, 3.8) is 0 Å². The molecule has 0 unspecified atom stereocenters. The highest BCUT2D eigenvalue weighted by atomic mass is 35.5. The molecule has 0 spiro atoms. The molecule has 0 aliphatic heterocycles. The first-order valence-corrected chi connectivity index (χ1v) is 10.2. The summed E-state index contributed by atoms with van der Waals surface area (Å²) in [6.45, 7) is 0.537. The van der Waals surface area contributed by atoms with Crippen molar-refractivity contribution < 1.29 is 9.90 Å². The summed E-state index contributed by atoms with van der Waals surface area (Å²) in [7, 11) is 3.57. The topological polar surface area (TPSA) is 71.7 Å². The highest BCUT2D eigenvalue weighted by molar-refractivity contribution is 7.06. The van der Waals surface area contributed by atoms with Crippen LogP contribution in [0, 0.1) is 0 Å². The molecule has 0 atom stereocenters. The van der Waals surface area contributed by atoms with Gasteiger partial charge in [-0.25, -0.2) is 4.57 Å². The molecule has 30 heavy (non-hydrogen) atoms. The van der Waals surface area contributed by atoms with Crippen molar-refractivity contribution in [3.8, 4) is 11.3 Å². The monoisotopic (exact) mass is 439 g/mol. The minimum Gasteiger partial charge on any atom is -0.862 e. The van der Waals surface area contributed by atoms with Gasteiger partial charge in [0.25, 0.3) is 0 Å². The molecule has 8 heteroatoms. The maximum atomic E-state index is 11.5. The summed E-state index contributed by atoms with van der Waals surface area (Å²) in [5.41, 5.74) is 4.07. The molecule has 0 aliphatic carbocycles. The first kappa shape index (κ1) is 21.6. The number of nitrogens with zero attached hydrogens (tertiary/aromatic N) is 5. The van der Waals surface area contributed by atoms with Gasteiger partial charge in [0.05, 0.1) is 17.8 Å². The van der Waals surface area contributed by atoms with E-state index in [9.17, 15) is 5.11 Å². The van der Waals surface area contributed by atoms with E-state index in [1.54, 1.807) is 0 Å². The second-order valence-electron chi connectivity index (χ2n) is 6.59. The Morgan fingerprint density at radius 3 is 2.60 bits per heavy atom. The van der Waals surface area contributed by atoms with E-state index in [0.29, 0.717) is 13.0 Å². The Hall–Kier alpha value is -3.12. The minimum atomic E-state index is -0.119. The zero-order valence-electron chi connectivity index (χ0n) is 16.7. The Morgan fingerprint density at radius 1 is 1.10 bits per heavy atom. The summed E-state index contributed by atoms with van der Waals surface area (Å²) in [6, 6.07) is 18.4. The van der Waals surface area contributed by atoms with E-state index in [0.717, 1.165) is 32.6 Å². The van der Waals surface area contributed by atoms with Crippen molar-refractivity contribution in [1.82, 2.24) is 9.13 Å². The number of benzene rings is 2. The van der Waals surface area contributed by atoms with Crippen molar-refractivity contribution in [1.29, 1.82) is 0 Å². The van der Waals surface area contributed by atoms with Gasteiger partial charge in [-0.1, -0.05) is 53.3 Å². The summed E-state index contributed by atoms with van der Waals surface area (Å²) in [4.78, 5) is 8.98. The number of aryl methyl sites for hydroxylation is 2. The van der Waals surface area contributed by atoms with E-state index in [4.69, 9.17) is 0 Å². The van der Waals surface area contributed by atoms with Crippen LogP contribution in [0.5, 0.6) is 0 Å². The van der Waals surface area contributed by atoms with Crippen molar-refractivity contribution in [2.75, 3.05) is 7.05 Å². The lowest BCUT2D eigenvalue weighted by Crippen LogP contribution is -2.23. The van der Waals surface area contributed by atoms with Gasteiger partial charge in [-0.15, -0.1) is 12.4 Å². The molecule has 4 rings (SSSR count). The second-order valence-corrected chi connectivity index (χ2v) is 7.46. The zero-order valence-corrected chi connectivity index (χ0v) is 18.4. The molecule has 0 fully saturated rings. The summed E-state index contributed by atoms with van der Waals surface area (Å²) < 4.78 is 4.09. The van der Waals surface area contributed by atoms with Crippen LogP contribution in [0.4, 0.5) is 5.69 Å². The number of aromatic nitrogens is 2. The van der Waals surface area contributed by atoms with Gasteiger partial charge in [-0.05, 0) is 23.3 Å². The molecule has 2 aromatic carbocycles. The van der Waals surface area contributed by atoms with Crippen molar-refractivity contribution in [2.24, 2.45) is 17.2 Å². The Bertz CT molecular complexity index is 1280. The SMILES string of the molecule is CN=C([O-])CCn1ccsc1=[N+]=Nc1c(-c2ccccc2)n(C)c2ccccc12.Cl. The predicted molar refractivity (Wildman–Crippen MR) is 121 cm³/mol. The van der Waals surface area contributed by atoms with Crippen LogP contribution in [0.3, 0.4) is 0 Å². The fraction of sp³-hybridized carbons (Fsp3) is 0.182. The molecule has 2 heterocycles. The Balaban J connectivity index is 0.00000256. The van der Waals surface area contributed by atoms with Crippen LogP contribution in [0.25, 0.3) is 22.2 Å². The molecule has 0 amide bonds. The predicted octanol–water partition coefficient (Wildman–Crippen LogP) is 3.80. The lowest BCUT2D eigenvalue weighted by atomic mass is 10.1. The summed E-state index contributed by atoms with van der Waals surface area (Å²) >= 11 is 1.50. The van der Waals surface area contributed by atoms with Crippen molar-refractivity contribution >= 4 is 46.2 Å². The summed E-state index contributed by atoms with van der Waals surface area (Å²) in [5, 5.41) is 19.2. The Labute approximate surface area is 184 Å². The highest BCUT2D eigenvalue weighted by Crippen LogP contribution is 2.38. The number of para-hydroxylation sites is 1. The maximum Gasteiger partial charge on any atom is 0.464 e. The Kier molecular flexibility index (Phi) is 6.90. The van der Waals surface area contributed by atoms with Crippen LogP contribution in [0.2, 0.25) is 0 Å². The third-order valence-electron chi connectivity index (χ3n) is 4.84. The fourth-order valence-electron chi connectivity index (χ4n) is 3.37. The quantitative estimate of drug-likeness (QED) is 0.202. The number of fused-ring (bicyclic) bond motifs is 1. The van der Waals surface area contributed by atoms with Crippen LogP contribution < -0.4 is 9.91 Å². The molecule has 0 radical (unpaired) electrons. The van der Waals surface area contributed by atoms with Gasteiger partial charge < -0.3 is 14.7 Å². The minimum absolute atomic E-state index is 0. The summed E-state index contributed by atoms with van der Waals surface area (Å²) in [5.74, 6) is -0.119. The molecule has 4 aromatic rings. The number of aliphatic imine (C=N–C) groups is 1. The average Bonchev–Trinajstić information content (AvgIpc) is 3.33. The highest BCUT2D eigenvalue weighted by Gasteiger charge is 2.18. The molecule has 0 N–H and O–H groups in total. The van der Waals surface area contributed by atoms with E-state index < -0.39 is 0 Å². The summed E-state index contributed by atoms with van der Waals surface area (Å²) in [6.07, 6.45) is 2.27. The van der Waals surface area contributed by atoms with Gasteiger partial charge in [-0.2, -0.15) is 0 Å². The Morgan fingerprint density at radius 2 is 1.83 bits per heavy atom. The largest absolute Gasteiger partial charge is 0.862 e. The number of hydrogen-bond donors (Lipinski definition) is 0. The van der Waals surface area contributed by atoms with Gasteiger partial charge in [0.1, 0.15) is 6.20 Å². The third kappa shape index (κ3) is 4.24. The van der Waals surface area contributed by atoms with Crippen molar-refractivity contribution in [3.05, 3.63) is 71.0 Å². The smallest absolute Gasteiger partial charge is 0.464 e. The molecule has 154 valence electrons. The van der Waals surface area contributed by atoms with Gasteiger partial charge >= 0.3 is 4.80 Å². The first-order valence-electron chi connectivity index (χ1n) is 9.33. The van der Waals surface area contributed by atoms with Gasteiger partial charge in [0, 0.05) is 42.0 Å². The molecule has 6 nitrogen and oxygen atoms in total. The lowest BCUT2D eigenvalue weighted by molar-refractivity contribution is -0.219. The molecular formula is C22H22ClN5OS. The molecule has 0 aliphatic rings. The van der Waals surface area contributed by atoms with E-state index in [-0.39, 0.29) is 18.3 Å². The average molecular weight is 440 g/mol. The molecular weight excluding hydrogens is 418 g/mol. The number of halogens is 1. The van der Waals surface area contributed by atoms with Crippen LogP contribution in [0.15, 0.2) is 76.3 Å². The lowest BCUT2D eigenvalue weighted by Gasteiger charge is -2.05. The molecule has 0 saturated carbocycles. The van der Waals surface area contributed by atoms with Crippen LogP contribution in [-0.2, 0) is 13.6 Å². The van der Waals surface area contributed by atoms with Crippen LogP contribution in [0.1, 0.15) is 6.42 Å². The van der Waals surface area contributed by atoms with E-state index in [2.05, 4.69) is 50.8 Å². The first-order chi connectivity index (χ1) is 14.2. The number of thiazole rings is 1. The van der Waals surface area contributed by atoms with Gasteiger partial charge in [0.2, 0.25) is 0 Å². The maximum absolute atomic E-state index is 11.5. The van der Waals surface area contributed by atoms with Crippen LogP contribution in [-0.4, -0.2) is 26.9 Å². The fourth-order valence-corrected chi connectivity index (χ4v) is 4.07.